The molecule has 0 aliphatic carbocycles. The van der Waals surface area contributed by atoms with E-state index in [1.807, 2.05) is 37.3 Å². The van der Waals surface area contributed by atoms with Crippen LogP contribution < -0.4 is 9.47 Å². The van der Waals surface area contributed by atoms with E-state index in [-0.39, 0.29) is 11.3 Å². The highest BCUT2D eigenvalue weighted by Crippen LogP contribution is 2.40. The van der Waals surface area contributed by atoms with Gasteiger partial charge in [0.05, 0.1) is 38.0 Å². The number of morpholine rings is 1. The number of benzene rings is 2. The van der Waals surface area contributed by atoms with Crippen molar-refractivity contribution in [1.82, 2.24) is 9.80 Å². The van der Waals surface area contributed by atoms with E-state index in [4.69, 9.17) is 14.2 Å². The molecule has 2 aromatic rings. The molecule has 8 heteroatoms. The minimum atomic E-state index is -0.694. The maximum atomic E-state index is 13.5. The Hall–Kier alpha value is -3.36. The van der Waals surface area contributed by atoms with Crippen molar-refractivity contribution in [3.05, 3.63) is 64.7 Å². The van der Waals surface area contributed by atoms with Crippen molar-refractivity contribution in [1.29, 1.82) is 0 Å². The van der Waals surface area contributed by atoms with Gasteiger partial charge in [-0.1, -0.05) is 39.3 Å². The van der Waals surface area contributed by atoms with Gasteiger partial charge < -0.3 is 24.2 Å². The lowest BCUT2D eigenvalue weighted by Crippen LogP contribution is -2.38. The number of hydrogen-bond acceptors (Lipinski definition) is 7. The molecule has 4 rings (SSSR count). The molecule has 222 valence electrons. The first kappa shape index (κ1) is 30.6. The molecule has 2 saturated heterocycles. The Morgan fingerprint density at radius 2 is 1.71 bits per heavy atom. The first-order valence-corrected chi connectivity index (χ1v) is 14.8. The number of aliphatic hydroxyl groups excluding tert-OH is 1. The van der Waals surface area contributed by atoms with Crippen molar-refractivity contribution >= 4 is 17.4 Å². The Balaban J connectivity index is 1.64. The van der Waals surface area contributed by atoms with Crippen LogP contribution >= 0.6 is 0 Å². The molecule has 2 fully saturated rings. The number of ether oxygens (including phenoxy) is 3. The van der Waals surface area contributed by atoms with Crippen molar-refractivity contribution in [2.24, 2.45) is 5.92 Å². The highest BCUT2D eigenvalue weighted by Gasteiger charge is 2.46. The van der Waals surface area contributed by atoms with Gasteiger partial charge >= 0.3 is 0 Å². The van der Waals surface area contributed by atoms with Gasteiger partial charge in [0.1, 0.15) is 17.3 Å². The van der Waals surface area contributed by atoms with Crippen LogP contribution in [0.1, 0.15) is 62.8 Å². The van der Waals surface area contributed by atoms with Gasteiger partial charge in [-0.05, 0) is 67.1 Å². The Bertz CT molecular complexity index is 1220. The number of hydrogen-bond donors (Lipinski definition) is 1. The fourth-order valence-electron chi connectivity index (χ4n) is 5.23. The third-order valence-corrected chi connectivity index (χ3v) is 7.52. The molecular formula is C33H44N2O6. The zero-order valence-corrected chi connectivity index (χ0v) is 24.9. The van der Waals surface area contributed by atoms with Crippen LogP contribution in [0.4, 0.5) is 0 Å². The van der Waals surface area contributed by atoms with Gasteiger partial charge in [0.2, 0.25) is 0 Å². The Labute approximate surface area is 243 Å². The highest BCUT2D eigenvalue weighted by atomic mass is 16.5. The molecule has 2 aliphatic heterocycles. The van der Waals surface area contributed by atoms with Crippen LogP contribution in [0, 0.1) is 12.8 Å². The molecule has 1 amide bonds. The smallest absolute Gasteiger partial charge is 0.295 e. The maximum absolute atomic E-state index is 13.5. The van der Waals surface area contributed by atoms with Crippen LogP contribution in [0.2, 0.25) is 0 Å². The molecule has 0 bridgehead atoms. The average molecular weight is 565 g/mol. The molecule has 0 radical (unpaired) electrons. The SMILES string of the molecule is CCCCOc1ccc(C2/C(=C(\O)c3ccc(OCC(C)C)cc3C)C(=O)C(=O)N2CCCN2CCOCC2)cc1. The van der Waals surface area contributed by atoms with Gasteiger partial charge in [-0.3, -0.25) is 14.5 Å². The summed E-state index contributed by atoms with van der Waals surface area (Å²) >= 11 is 0. The number of nitrogens with zero attached hydrogens (tertiary/aromatic N) is 2. The molecule has 0 spiro atoms. The Morgan fingerprint density at radius 1 is 1.00 bits per heavy atom. The van der Waals surface area contributed by atoms with E-state index >= 15 is 0 Å². The minimum absolute atomic E-state index is 0.111. The van der Waals surface area contributed by atoms with Crippen LogP contribution in [0.5, 0.6) is 11.5 Å². The normalized spacial score (nSPS) is 19.2. The lowest BCUT2D eigenvalue weighted by molar-refractivity contribution is -0.140. The Morgan fingerprint density at radius 3 is 2.37 bits per heavy atom. The van der Waals surface area contributed by atoms with E-state index < -0.39 is 17.7 Å². The average Bonchev–Trinajstić information content (AvgIpc) is 3.22. The number of Topliss-reactive ketones (excluding diaryl/α,β-unsaturated/α-hetero) is 1. The molecule has 2 heterocycles. The zero-order chi connectivity index (χ0) is 29.4. The predicted molar refractivity (Wildman–Crippen MR) is 159 cm³/mol. The maximum Gasteiger partial charge on any atom is 0.295 e. The van der Waals surface area contributed by atoms with E-state index in [1.165, 1.54) is 0 Å². The molecule has 1 unspecified atom stereocenters. The van der Waals surface area contributed by atoms with Gasteiger partial charge in [0.15, 0.2) is 0 Å². The van der Waals surface area contributed by atoms with Crippen LogP contribution in [0.15, 0.2) is 48.0 Å². The van der Waals surface area contributed by atoms with Crippen molar-refractivity contribution < 1.29 is 28.9 Å². The quantitative estimate of drug-likeness (QED) is 0.152. The number of amides is 1. The second kappa shape index (κ2) is 14.5. The summed E-state index contributed by atoms with van der Waals surface area (Å²) in [6.45, 7) is 13.7. The standard InChI is InChI=1S/C33H44N2O6/c1-5-6-18-40-26-10-8-25(9-11-26)30-29(31(36)28-13-12-27(21-24(28)4)41-22-23(2)3)32(37)33(38)35(30)15-7-14-34-16-19-39-20-17-34/h8-13,21,23,30,36H,5-7,14-20,22H2,1-4H3/b31-29+. The Kier molecular flexibility index (Phi) is 10.8. The summed E-state index contributed by atoms with van der Waals surface area (Å²) in [7, 11) is 0. The van der Waals surface area contributed by atoms with Crippen LogP contribution in [0.25, 0.3) is 5.76 Å². The minimum Gasteiger partial charge on any atom is -0.507 e. The molecule has 2 aliphatic rings. The number of ketones is 1. The first-order valence-electron chi connectivity index (χ1n) is 14.8. The fraction of sp³-hybridized carbons (Fsp3) is 0.515. The first-order chi connectivity index (χ1) is 19.8. The number of unbranched alkanes of at least 4 members (excludes halogenated alkanes) is 1. The summed E-state index contributed by atoms with van der Waals surface area (Å²) in [6.07, 6.45) is 2.72. The number of carbonyl (C=O) groups is 2. The van der Waals surface area contributed by atoms with Crippen molar-refractivity contribution in [2.75, 3.05) is 52.6 Å². The third kappa shape index (κ3) is 7.68. The summed E-state index contributed by atoms with van der Waals surface area (Å²) in [5.41, 5.74) is 2.15. The van der Waals surface area contributed by atoms with E-state index in [0.717, 1.165) is 49.4 Å². The van der Waals surface area contributed by atoms with Gasteiger partial charge in [-0.2, -0.15) is 0 Å². The monoisotopic (exact) mass is 564 g/mol. The second-order valence-electron chi connectivity index (χ2n) is 11.3. The van der Waals surface area contributed by atoms with E-state index in [0.29, 0.717) is 56.6 Å². The molecule has 1 atom stereocenters. The number of aryl methyl sites for hydroxylation is 1. The lowest BCUT2D eigenvalue weighted by Gasteiger charge is -2.29. The summed E-state index contributed by atoms with van der Waals surface area (Å²) in [5, 5.41) is 11.6. The summed E-state index contributed by atoms with van der Waals surface area (Å²) in [5.74, 6) is 0.398. The van der Waals surface area contributed by atoms with Crippen molar-refractivity contribution in [2.45, 2.75) is 53.0 Å². The molecule has 0 saturated carbocycles. The van der Waals surface area contributed by atoms with Crippen molar-refractivity contribution in [3.8, 4) is 11.5 Å². The van der Waals surface area contributed by atoms with Crippen LogP contribution in [-0.2, 0) is 14.3 Å². The summed E-state index contributed by atoms with van der Waals surface area (Å²) in [4.78, 5) is 30.8. The second-order valence-corrected chi connectivity index (χ2v) is 11.3. The largest absolute Gasteiger partial charge is 0.507 e. The van der Waals surface area contributed by atoms with E-state index in [1.54, 1.807) is 17.0 Å². The van der Waals surface area contributed by atoms with E-state index in [9.17, 15) is 14.7 Å². The van der Waals surface area contributed by atoms with Crippen LogP contribution in [0.3, 0.4) is 0 Å². The van der Waals surface area contributed by atoms with Gasteiger partial charge in [0, 0.05) is 31.7 Å². The van der Waals surface area contributed by atoms with Gasteiger partial charge in [-0.15, -0.1) is 0 Å². The molecule has 2 aromatic carbocycles. The molecule has 1 N–H and O–H groups in total. The number of carbonyl (C=O) groups excluding carboxylic acids is 2. The van der Waals surface area contributed by atoms with Gasteiger partial charge in [0.25, 0.3) is 11.7 Å². The fourth-order valence-corrected chi connectivity index (χ4v) is 5.23. The van der Waals surface area contributed by atoms with Gasteiger partial charge in [-0.25, -0.2) is 0 Å². The summed E-state index contributed by atoms with van der Waals surface area (Å²) < 4.78 is 17.1. The summed E-state index contributed by atoms with van der Waals surface area (Å²) in [6, 6.07) is 12.2. The molecule has 0 aromatic heterocycles. The van der Waals surface area contributed by atoms with Crippen LogP contribution in [-0.4, -0.2) is 79.2 Å². The molecule has 8 nitrogen and oxygen atoms in total. The molecular weight excluding hydrogens is 520 g/mol. The number of aliphatic hydroxyl groups is 1. The lowest BCUT2D eigenvalue weighted by atomic mass is 9.93. The topological polar surface area (TPSA) is 88.5 Å². The van der Waals surface area contributed by atoms with E-state index in [2.05, 4.69) is 25.7 Å². The predicted octanol–water partition coefficient (Wildman–Crippen LogP) is 5.35. The number of rotatable bonds is 13. The third-order valence-electron chi connectivity index (χ3n) is 7.52. The zero-order valence-electron chi connectivity index (χ0n) is 24.9. The highest BCUT2D eigenvalue weighted by molar-refractivity contribution is 6.46. The van der Waals surface area contributed by atoms with Crippen molar-refractivity contribution in [3.63, 3.8) is 0 Å². The number of likely N-dealkylation sites (tertiary alicyclic amines) is 1. The molecule has 41 heavy (non-hydrogen) atoms.